The minimum Gasteiger partial charge on any atom is -0.368 e. The summed E-state index contributed by atoms with van der Waals surface area (Å²) < 4.78 is 0. The zero-order valence-corrected chi connectivity index (χ0v) is 19.4. The second-order valence-corrected chi connectivity index (χ2v) is 8.79. The number of hydrogen-bond acceptors (Lipinski definition) is 6. The number of hydrogen-bond donors (Lipinski definition) is 0. The lowest BCUT2D eigenvalue weighted by molar-refractivity contribution is -0.384. The Kier molecular flexibility index (Phi) is 5.93. The number of nitro benzene ring substituents is 1. The van der Waals surface area contributed by atoms with Gasteiger partial charge < -0.3 is 9.80 Å². The number of non-ortho nitro benzene ring substituents is 1. The van der Waals surface area contributed by atoms with Crippen LogP contribution < -0.4 is 4.90 Å². The van der Waals surface area contributed by atoms with Crippen molar-refractivity contribution in [1.29, 1.82) is 0 Å². The van der Waals surface area contributed by atoms with Crippen LogP contribution in [0.3, 0.4) is 0 Å². The zero-order chi connectivity index (χ0) is 23.9. The zero-order valence-electron chi connectivity index (χ0n) is 19.4. The van der Waals surface area contributed by atoms with Gasteiger partial charge in [0.1, 0.15) is 5.70 Å². The van der Waals surface area contributed by atoms with E-state index in [0.717, 1.165) is 13.1 Å². The van der Waals surface area contributed by atoms with E-state index in [1.165, 1.54) is 33.8 Å². The van der Waals surface area contributed by atoms with Gasteiger partial charge in [-0.15, -0.1) is 0 Å². The number of nitro groups is 1. The average Bonchev–Trinajstić information content (AvgIpc) is 3.06. The van der Waals surface area contributed by atoms with Gasteiger partial charge in [0.2, 0.25) is 0 Å². The van der Waals surface area contributed by atoms with Gasteiger partial charge in [-0.2, -0.15) is 0 Å². The van der Waals surface area contributed by atoms with E-state index in [-0.39, 0.29) is 23.5 Å². The van der Waals surface area contributed by atoms with Gasteiger partial charge in [0.25, 0.3) is 17.5 Å². The highest BCUT2D eigenvalue weighted by Gasteiger charge is 2.43. The first-order valence-corrected chi connectivity index (χ1v) is 11.1. The average molecular weight is 449 g/mol. The third kappa shape index (κ3) is 3.97. The molecule has 8 nitrogen and oxygen atoms in total. The van der Waals surface area contributed by atoms with Crippen molar-refractivity contribution in [3.05, 3.63) is 75.0 Å². The Balaban J connectivity index is 1.66. The SMILES string of the molecule is Cc1cccc(N2CCN(C3=C(c4ccc([N+](=O)[O-])cc4)C(=O)N(C(C)C)C3=O)CC2)c1C. The van der Waals surface area contributed by atoms with Crippen molar-refractivity contribution >= 4 is 28.8 Å². The summed E-state index contributed by atoms with van der Waals surface area (Å²) in [5.74, 6) is -0.653. The largest absolute Gasteiger partial charge is 0.368 e. The molecule has 1 fully saturated rings. The highest BCUT2D eigenvalue weighted by Crippen LogP contribution is 2.34. The molecule has 2 amide bonds. The highest BCUT2D eigenvalue weighted by molar-refractivity contribution is 6.35. The standard InChI is InChI=1S/C25H28N4O4/c1-16(2)28-24(30)22(19-8-10-20(11-9-19)29(32)33)23(25(28)31)27-14-12-26(13-15-27)21-7-5-6-17(3)18(21)4/h5-11,16H,12-15H2,1-4H3. The molecular weight excluding hydrogens is 420 g/mol. The minimum absolute atomic E-state index is 0.0551. The number of carbonyl (C=O) groups excluding carboxylic acids is 2. The molecule has 1 saturated heterocycles. The lowest BCUT2D eigenvalue weighted by Gasteiger charge is -2.38. The Labute approximate surface area is 193 Å². The summed E-state index contributed by atoms with van der Waals surface area (Å²) in [7, 11) is 0. The normalized spacial score (nSPS) is 16.9. The molecule has 2 aromatic carbocycles. The fraction of sp³-hybridized carbons (Fsp3) is 0.360. The quantitative estimate of drug-likeness (QED) is 0.395. The van der Waals surface area contributed by atoms with E-state index < -0.39 is 4.92 Å². The summed E-state index contributed by atoms with van der Waals surface area (Å²) in [6.07, 6.45) is 0. The lowest BCUT2D eigenvalue weighted by atomic mass is 10.0. The van der Waals surface area contributed by atoms with Crippen LogP contribution in [0, 0.1) is 24.0 Å². The van der Waals surface area contributed by atoms with Crippen molar-refractivity contribution < 1.29 is 14.5 Å². The number of benzene rings is 2. The molecule has 0 unspecified atom stereocenters. The van der Waals surface area contributed by atoms with Crippen LogP contribution in [-0.2, 0) is 9.59 Å². The number of anilines is 1. The maximum Gasteiger partial charge on any atom is 0.278 e. The number of aryl methyl sites for hydroxylation is 1. The molecule has 0 bridgehead atoms. The molecule has 0 aromatic heterocycles. The summed E-state index contributed by atoms with van der Waals surface area (Å²) in [6, 6.07) is 11.8. The molecule has 172 valence electrons. The van der Waals surface area contributed by atoms with Gasteiger partial charge in [-0.25, -0.2) is 0 Å². The van der Waals surface area contributed by atoms with Crippen molar-refractivity contribution in [2.45, 2.75) is 33.7 Å². The number of rotatable bonds is 5. The number of carbonyl (C=O) groups is 2. The summed E-state index contributed by atoms with van der Waals surface area (Å²) in [6.45, 7) is 10.5. The highest BCUT2D eigenvalue weighted by atomic mass is 16.6. The first-order valence-electron chi connectivity index (χ1n) is 11.1. The van der Waals surface area contributed by atoms with E-state index in [2.05, 4.69) is 36.9 Å². The molecule has 2 aliphatic heterocycles. The molecule has 2 heterocycles. The van der Waals surface area contributed by atoms with Gasteiger partial charge in [-0.1, -0.05) is 12.1 Å². The van der Waals surface area contributed by atoms with Gasteiger partial charge in [0.05, 0.1) is 10.5 Å². The number of piperazine rings is 1. The number of imide groups is 1. The Bertz CT molecular complexity index is 1150. The monoisotopic (exact) mass is 448 g/mol. The third-order valence-electron chi connectivity index (χ3n) is 6.49. The van der Waals surface area contributed by atoms with Gasteiger partial charge in [0.15, 0.2) is 0 Å². The molecule has 0 spiro atoms. The predicted molar refractivity (Wildman–Crippen MR) is 127 cm³/mol. The van der Waals surface area contributed by atoms with Crippen LogP contribution in [0.4, 0.5) is 11.4 Å². The van der Waals surface area contributed by atoms with Crippen LogP contribution in [0.15, 0.2) is 48.2 Å². The minimum atomic E-state index is -0.479. The molecule has 0 aliphatic carbocycles. The second kappa shape index (κ2) is 8.69. The fourth-order valence-corrected chi connectivity index (χ4v) is 4.56. The van der Waals surface area contributed by atoms with Gasteiger partial charge in [-0.3, -0.25) is 24.6 Å². The summed E-state index contributed by atoms with van der Waals surface area (Å²) in [5, 5.41) is 11.0. The van der Waals surface area contributed by atoms with Crippen LogP contribution in [0.5, 0.6) is 0 Å². The van der Waals surface area contributed by atoms with E-state index in [9.17, 15) is 19.7 Å². The molecule has 0 atom stereocenters. The first-order chi connectivity index (χ1) is 15.7. The smallest absolute Gasteiger partial charge is 0.278 e. The topological polar surface area (TPSA) is 87.0 Å². The van der Waals surface area contributed by atoms with Crippen LogP contribution >= 0.6 is 0 Å². The lowest BCUT2D eigenvalue weighted by Crippen LogP contribution is -2.48. The number of nitrogens with zero attached hydrogens (tertiary/aromatic N) is 4. The van der Waals surface area contributed by atoms with Crippen LogP contribution in [0.2, 0.25) is 0 Å². The second-order valence-electron chi connectivity index (χ2n) is 8.79. The Morgan fingerprint density at radius 2 is 1.48 bits per heavy atom. The maximum atomic E-state index is 13.3. The molecule has 0 radical (unpaired) electrons. The van der Waals surface area contributed by atoms with E-state index in [1.54, 1.807) is 12.1 Å². The molecule has 2 aliphatic rings. The van der Waals surface area contributed by atoms with Gasteiger partial charge in [-0.05, 0) is 62.6 Å². The molecule has 2 aromatic rings. The molecule has 8 heteroatoms. The van der Waals surface area contributed by atoms with E-state index in [0.29, 0.717) is 29.9 Å². The summed E-state index contributed by atoms with van der Waals surface area (Å²) >= 11 is 0. The van der Waals surface area contributed by atoms with Crippen molar-refractivity contribution in [3.63, 3.8) is 0 Å². The van der Waals surface area contributed by atoms with Crippen LogP contribution in [0.1, 0.15) is 30.5 Å². The van der Waals surface area contributed by atoms with Crippen molar-refractivity contribution in [2.24, 2.45) is 0 Å². The van der Waals surface area contributed by atoms with E-state index in [1.807, 2.05) is 18.7 Å². The summed E-state index contributed by atoms with van der Waals surface area (Å²) in [4.78, 5) is 42.8. The number of amides is 2. The first kappa shape index (κ1) is 22.5. The Morgan fingerprint density at radius 1 is 0.879 bits per heavy atom. The predicted octanol–water partition coefficient (Wildman–Crippen LogP) is 3.52. The Hall–Kier alpha value is -3.68. The Morgan fingerprint density at radius 3 is 2.06 bits per heavy atom. The van der Waals surface area contributed by atoms with Crippen molar-refractivity contribution in [3.8, 4) is 0 Å². The van der Waals surface area contributed by atoms with Crippen LogP contribution in [0.25, 0.3) is 5.57 Å². The van der Waals surface area contributed by atoms with Crippen molar-refractivity contribution in [1.82, 2.24) is 9.80 Å². The summed E-state index contributed by atoms with van der Waals surface area (Å²) in [5.41, 5.74) is 4.86. The molecule has 33 heavy (non-hydrogen) atoms. The van der Waals surface area contributed by atoms with Gasteiger partial charge >= 0.3 is 0 Å². The van der Waals surface area contributed by atoms with E-state index in [4.69, 9.17) is 0 Å². The molecule has 0 saturated carbocycles. The molecule has 0 N–H and O–H groups in total. The van der Waals surface area contributed by atoms with Crippen LogP contribution in [-0.4, -0.2) is 58.8 Å². The van der Waals surface area contributed by atoms with E-state index >= 15 is 0 Å². The van der Waals surface area contributed by atoms with Gasteiger partial charge in [0, 0.05) is 50.0 Å². The maximum absolute atomic E-state index is 13.3. The molecule has 4 rings (SSSR count). The fourth-order valence-electron chi connectivity index (χ4n) is 4.56. The van der Waals surface area contributed by atoms with Crippen molar-refractivity contribution in [2.75, 3.05) is 31.1 Å². The molecular formula is C25H28N4O4. The third-order valence-corrected chi connectivity index (χ3v) is 6.49.